The van der Waals surface area contributed by atoms with Gasteiger partial charge in [-0.1, -0.05) is 13.8 Å². The number of nitrogens with one attached hydrogen (secondary N) is 2. The maximum absolute atomic E-state index is 13.4. The summed E-state index contributed by atoms with van der Waals surface area (Å²) >= 11 is 0. The lowest BCUT2D eigenvalue weighted by molar-refractivity contribution is -0.121. The highest BCUT2D eigenvalue weighted by Crippen LogP contribution is 2.27. The van der Waals surface area contributed by atoms with Crippen molar-refractivity contribution in [1.82, 2.24) is 24.4 Å². The predicted molar refractivity (Wildman–Crippen MR) is 159 cm³/mol. The smallest absolute Gasteiger partial charge is 0.410 e. The van der Waals surface area contributed by atoms with E-state index in [0.717, 1.165) is 5.56 Å². The Morgan fingerprint density at radius 2 is 1.81 bits per heavy atom. The van der Waals surface area contributed by atoms with E-state index >= 15 is 0 Å². The Labute approximate surface area is 252 Å². The number of amides is 3. The molecule has 2 aromatic rings. The SMILES string of the molecule is COCOC1CN(C(=O)O)CCC1CNc1cc(NC(=O)C2CCN(C(=O)OC(C)(C)C)CC2)n2ncc(C(C)C)c2n1. The summed E-state index contributed by atoms with van der Waals surface area (Å²) in [5.41, 5.74) is 1.01. The minimum Gasteiger partial charge on any atom is -0.465 e. The number of carbonyl (C=O) groups is 3. The molecule has 2 fully saturated rings. The van der Waals surface area contributed by atoms with Gasteiger partial charge in [-0.15, -0.1) is 0 Å². The van der Waals surface area contributed by atoms with E-state index in [9.17, 15) is 19.5 Å². The first-order valence-electron chi connectivity index (χ1n) is 14.9. The van der Waals surface area contributed by atoms with Gasteiger partial charge in [0, 0.05) is 56.8 Å². The van der Waals surface area contributed by atoms with E-state index in [-0.39, 0.29) is 49.2 Å². The average molecular weight is 604 g/mol. The summed E-state index contributed by atoms with van der Waals surface area (Å²) in [6.07, 6.45) is 1.76. The molecule has 14 nitrogen and oxygen atoms in total. The molecule has 2 atom stereocenters. The molecule has 0 bridgehead atoms. The van der Waals surface area contributed by atoms with Gasteiger partial charge in [0.05, 0.1) is 18.8 Å². The molecule has 0 aliphatic carbocycles. The largest absolute Gasteiger partial charge is 0.465 e. The van der Waals surface area contributed by atoms with Crippen molar-refractivity contribution in [3.63, 3.8) is 0 Å². The molecule has 0 spiro atoms. The van der Waals surface area contributed by atoms with E-state index in [1.807, 2.05) is 20.8 Å². The van der Waals surface area contributed by atoms with E-state index < -0.39 is 11.7 Å². The fourth-order valence-electron chi connectivity index (χ4n) is 5.40. The van der Waals surface area contributed by atoms with E-state index in [1.54, 1.807) is 21.7 Å². The quantitative estimate of drug-likeness (QED) is 0.359. The van der Waals surface area contributed by atoms with E-state index in [1.165, 1.54) is 12.0 Å². The second kappa shape index (κ2) is 13.8. The summed E-state index contributed by atoms with van der Waals surface area (Å²) in [7, 11) is 1.53. The summed E-state index contributed by atoms with van der Waals surface area (Å²) in [6.45, 7) is 11.7. The van der Waals surface area contributed by atoms with E-state index in [2.05, 4.69) is 29.6 Å². The molecule has 14 heteroatoms. The number of fused-ring (bicyclic) bond motifs is 1. The molecule has 2 aliphatic heterocycles. The monoisotopic (exact) mass is 603 g/mol. The van der Waals surface area contributed by atoms with Crippen LogP contribution >= 0.6 is 0 Å². The number of carboxylic acid groups (broad SMARTS) is 1. The van der Waals surface area contributed by atoms with Crippen molar-refractivity contribution in [3.05, 3.63) is 17.8 Å². The maximum atomic E-state index is 13.4. The van der Waals surface area contributed by atoms with Crippen LogP contribution in [0, 0.1) is 11.8 Å². The Morgan fingerprint density at radius 3 is 2.44 bits per heavy atom. The van der Waals surface area contributed by atoms with Crippen LogP contribution in [0.25, 0.3) is 5.65 Å². The molecule has 0 aromatic carbocycles. The molecule has 0 radical (unpaired) electrons. The number of piperidine rings is 2. The van der Waals surface area contributed by atoms with Crippen LogP contribution in [0.1, 0.15) is 65.4 Å². The average Bonchev–Trinajstić information content (AvgIpc) is 3.39. The molecule has 0 saturated carbocycles. The molecular formula is C29H45N7O7. The zero-order valence-electron chi connectivity index (χ0n) is 26.0. The van der Waals surface area contributed by atoms with Crippen molar-refractivity contribution in [3.8, 4) is 0 Å². The number of aromatic nitrogens is 3. The third kappa shape index (κ3) is 8.25. The van der Waals surface area contributed by atoms with Crippen molar-refractivity contribution >= 4 is 35.4 Å². The van der Waals surface area contributed by atoms with Crippen LogP contribution in [0.4, 0.5) is 21.2 Å². The maximum Gasteiger partial charge on any atom is 0.410 e. The third-order valence-electron chi connectivity index (χ3n) is 7.80. The number of anilines is 2. The number of methoxy groups -OCH3 is 1. The molecule has 4 rings (SSSR count). The number of hydrogen-bond acceptors (Lipinski definition) is 9. The first-order chi connectivity index (χ1) is 20.4. The van der Waals surface area contributed by atoms with Gasteiger partial charge in [0.1, 0.15) is 24.0 Å². The fourth-order valence-corrected chi connectivity index (χ4v) is 5.40. The molecular weight excluding hydrogens is 558 g/mol. The second-order valence-electron chi connectivity index (χ2n) is 12.5. The molecule has 2 unspecified atom stereocenters. The van der Waals surface area contributed by atoms with E-state index in [4.69, 9.17) is 19.2 Å². The highest BCUT2D eigenvalue weighted by Gasteiger charge is 2.33. The Morgan fingerprint density at radius 1 is 1.12 bits per heavy atom. The lowest BCUT2D eigenvalue weighted by Gasteiger charge is -2.37. The summed E-state index contributed by atoms with van der Waals surface area (Å²) in [6, 6.07) is 1.76. The van der Waals surface area contributed by atoms with Crippen LogP contribution in [0.15, 0.2) is 12.3 Å². The number of rotatable bonds is 9. The molecule has 3 N–H and O–H groups in total. The Bertz CT molecular complexity index is 1280. The van der Waals surface area contributed by atoms with Gasteiger partial charge in [-0.25, -0.2) is 14.6 Å². The van der Waals surface area contributed by atoms with Gasteiger partial charge in [0.15, 0.2) is 5.65 Å². The van der Waals surface area contributed by atoms with Crippen molar-refractivity contribution in [1.29, 1.82) is 0 Å². The molecule has 4 heterocycles. The van der Waals surface area contributed by atoms with Gasteiger partial charge in [-0.2, -0.15) is 9.61 Å². The number of nitrogens with zero attached hydrogens (tertiary/aromatic N) is 5. The zero-order chi connectivity index (χ0) is 31.3. The number of carbonyl (C=O) groups excluding carboxylic acids is 2. The van der Waals surface area contributed by atoms with Crippen LogP contribution in [-0.4, -0.2) is 106 Å². The number of hydrogen-bond donors (Lipinski definition) is 3. The molecule has 3 amide bonds. The Kier molecular flexibility index (Phi) is 10.3. The van der Waals surface area contributed by atoms with Gasteiger partial charge >= 0.3 is 12.2 Å². The third-order valence-corrected chi connectivity index (χ3v) is 7.80. The van der Waals surface area contributed by atoms with Gasteiger partial charge in [0.25, 0.3) is 0 Å². The predicted octanol–water partition coefficient (Wildman–Crippen LogP) is 3.84. The molecule has 2 aromatic heterocycles. The van der Waals surface area contributed by atoms with Gasteiger partial charge in [-0.05, 0) is 46.0 Å². The first-order valence-corrected chi connectivity index (χ1v) is 14.9. The second-order valence-corrected chi connectivity index (χ2v) is 12.5. The highest BCUT2D eigenvalue weighted by molar-refractivity contribution is 5.92. The summed E-state index contributed by atoms with van der Waals surface area (Å²) in [4.78, 5) is 45.2. The summed E-state index contributed by atoms with van der Waals surface area (Å²) < 4.78 is 18.0. The minimum absolute atomic E-state index is 0.0199. The standard InChI is InChI=1S/C29H45N7O7/c1-18(2)21-15-31-36-24(33-26(37)19-7-10-34(11-8-19)28(40)43-29(3,4)5)13-23(32-25(21)36)30-14-20-9-12-35(27(38)39)16-22(20)42-17-41-6/h13,15,18-20,22H,7-12,14,16-17H2,1-6H3,(H,30,32)(H,33,37)(H,38,39). The molecule has 2 aliphatic rings. The molecule has 43 heavy (non-hydrogen) atoms. The van der Waals surface area contributed by atoms with Crippen molar-refractivity contribution in [2.45, 2.75) is 71.5 Å². The van der Waals surface area contributed by atoms with E-state index in [0.29, 0.717) is 62.7 Å². The Hall–Kier alpha value is -3.65. The fraction of sp³-hybridized carbons (Fsp3) is 0.690. The van der Waals surface area contributed by atoms with Crippen LogP contribution in [0.5, 0.6) is 0 Å². The van der Waals surface area contributed by atoms with Crippen molar-refractivity contribution in [2.24, 2.45) is 11.8 Å². The normalized spacial score (nSPS) is 20.0. The molecule has 238 valence electrons. The van der Waals surface area contributed by atoms with Crippen LogP contribution in [-0.2, 0) is 19.0 Å². The van der Waals surface area contributed by atoms with Crippen molar-refractivity contribution < 1.29 is 33.7 Å². The topological polar surface area (TPSA) is 160 Å². The Balaban J connectivity index is 1.47. The highest BCUT2D eigenvalue weighted by atomic mass is 16.7. The first kappa shape index (κ1) is 32.3. The molecule has 2 saturated heterocycles. The van der Waals surface area contributed by atoms with Gasteiger partial charge < -0.3 is 39.8 Å². The van der Waals surface area contributed by atoms with Crippen LogP contribution in [0.3, 0.4) is 0 Å². The number of likely N-dealkylation sites (tertiary alicyclic amines) is 2. The van der Waals surface area contributed by atoms with Gasteiger partial charge in [0.2, 0.25) is 5.91 Å². The minimum atomic E-state index is -0.970. The summed E-state index contributed by atoms with van der Waals surface area (Å²) in [5.74, 6) is 0.831. The summed E-state index contributed by atoms with van der Waals surface area (Å²) in [5, 5.41) is 20.4. The zero-order valence-corrected chi connectivity index (χ0v) is 26.0. The van der Waals surface area contributed by atoms with Crippen LogP contribution < -0.4 is 10.6 Å². The lowest BCUT2D eigenvalue weighted by atomic mass is 9.93. The number of ether oxygens (including phenoxy) is 3. The van der Waals surface area contributed by atoms with Gasteiger partial charge in [-0.3, -0.25) is 4.79 Å². The van der Waals surface area contributed by atoms with Crippen molar-refractivity contribution in [2.75, 3.05) is 57.3 Å². The lowest BCUT2D eigenvalue weighted by Crippen LogP contribution is -2.49. The van der Waals surface area contributed by atoms with Crippen LogP contribution in [0.2, 0.25) is 0 Å².